The highest BCUT2D eigenvalue weighted by atomic mass is 19.4. The molecule has 1 aliphatic rings. The van der Waals surface area contributed by atoms with Crippen LogP contribution in [0.15, 0.2) is 18.2 Å². The fourth-order valence-electron chi connectivity index (χ4n) is 3.72. The zero-order chi connectivity index (χ0) is 25.6. The number of nitrogens with one attached hydrogen (secondary N) is 2. The van der Waals surface area contributed by atoms with Gasteiger partial charge in [0.25, 0.3) is 17.6 Å². The van der Waals surface area contributed by atoms with E-state index >= 15 is 0 Å². The minimum absolute atomic E-state index is 0.0287. The van der Waals surface area contributed by atoms with E-state index < -0.39 is 46.9 Å². The molecule has 0 bridgehead atoms. The highest BCUT2D eigenvalue weighted by molar-refractivity contribution is 6.44. The number of carbonyl (C=O) groups is 4. The van der Waals surface area contributed by atoms with Gasteiger partial charge in [0, 0.05) is 24.0 Å². The van der Waals surface area contributed by atoms with Crippen molar-refractivity contribution in [2.24, 2.45) is 0 Å². The van der Waals surface area contributed by atoms with Gasteiger partial charge in [-0.3, -0.25) is 14.4 Å². The molecule has 0 fully saturated rings. The number of aliphatic carboxylic acids is 1. The van der Waals surface area contributed by atoms with Crippen molar-refractivity contribution in [3.05, 3.63) is 52.3 Å². The zero-order valence-corrected chi connectivity index (χ0v) is 17.8. The molecule has 2 aromatic rings. The summed E-state index contributed by atoms with van der Waals surface area (Å²) in [5.41, 5.74) is -4.03. The van der Waals surface area contributed by atoms with Crippen LogP contribution in [-0.4, -0.2) is 45.0 Å². The molecule has 1 atom stereocenters. The third kappa shape index (κ3) is 4.13. The van der Waals surface area contributed by atoms with Crippen molar-refractivity contribution in [2.45, 2.75) is 44.9 Å². The Morgan fingerprint density at radius 3 is 2.29 bits per heavy atom. The van der Waals surface area contributed by atoms with Gasteiger partial charge in [-0.05, 0) is 44.4 Å². The van der Waals surface area contributed by atoms with Crippen molar-refractivity contribution in [3.63, 3.8) is 0 Å². The average Bonchev–Trinajstić information content (AvgIpc) is 3.28. The van der Waals surface area contributed by atoms with E-state index in [1.54, 1.807) is 0 Å². The molecule has 0 saturated carbocycles. The molecule has 0 spiro atoms. The van der Waals surface area contributed by atoms with Gasteiger partial charge in [0.15, 0.2) is 11.6 Å². The first-order valence-electron chi connectivity index (χ1n) is 9.84. The number of benzene rings is 1. The van der Waals surface area contributed by atoms with Crippen LogP contribution in [0.25, 0.3) is 0 Å². The van der Waals surface area contributed by atoms with E-state index in [4.69, 9.17) is 5.11 Å². The third-order valence-corrected chi connectivity index (χ3v) is 5.59. The van der Waals surface area contributed by atoms with E-state index in [2.05, 4.69) is 5.32 Å². The Bertz CT molecular complexity index is 1220. The molecule has 0 aliphatic carbocycles. The number of carboxylic acid groups (broad SMARTS) is 1. The number of anilines is 1. The zero-order valence-electron chi connectivity index (χ0n) is 17.8. The van der Waals surface area contributed by atoms with Crippen molar-refractivity contribution < 1.29 is 46.2 Å². The van der Waals surface area contributed by atoms with E-state index in [-0.39, 0.29) is 48.1 Å². The van der Waals surface area contributed by atoms with Crippen molar-refractivity contribution in [3.8, 4) is 0 Å². The maximum absolute atomic E-state index is 13.5. The second-order valence-electron chi connectivity index (χ2n) is 7.84. The molecule has 34 heavy (non-hydrogen) atoms. The second kappa shape index (κ2) is 8.54. The lowest BCUT2D eigenvalue weighted by atomic mass is 9.99. The Morgan fingerprint density at radius 1 is 1.09 bits per heavy atom. The maximum Gasteiger partial charge on any atom is 0.422 e. The van der Waals surface area contributed by atoms with Gasteiger partial charge in [0.2, 0.25) is 5.54 Å². The number of alkyl halides is 3. The van der Waals surface area contributed by atoms with Gasteiger partial charge in [-0.25, -0.2) is 13.6 Å². The Morgan fingerprint density at radius 2 is 1.74 bits per heavy atom. The van der Waals surface area contributed by atoms with Crippen molar-refractivity contribution in [1.82, 2.24) is 9.88 Å². The Hall–Kier alpha value is -3.77. The number of carbonyl (C=O) groups excluding carboxylic acids is 3. The van der Waals surface area contributed by atoms with Crippen LogP contribution in [0.3, 0.4) is 0 Å². The first-order valence-corrected chi connectivity index (χ1v) is 9.84. The molecule has 2 amide bonds. The predicted molar refractivity (Wildman–Crippen MR) is 106 cm³/mol. The minimum Gasteiger partial charge on any atom is -0.479 e. The monoisotopic (exact) mass is 487 g/mol. The Labute approximate surface area is 188 Å². The van der Waals surface area contributed by atoms with Gasteiger partial charge in [-0.15, -0.1) is 0 Å². The molecule has 13 heteroatoms. The fraction of sp³-hybridized carbons (Fsp3) is 0.333. The predicted octanol–water partition coefficient (Wildman–Crippen LogP) is 2.98. The van der Waals surface area contributed by atoms with Crippen molar-refractivity contribution in [1.29, 1.82) is 0 Å². The van der Waals surface area contributed by atoms with Crippen LogP contribution in [0, 0.1) is 18.6 Å². The third-order valence-electron chi connectivity index (χ3n) is 5.59. The topological polar surface area (TPSA) is 118 Å². The molecule has 3 N–H and O–H groups in total. The summed E-state index contributed by atoms with van der Waals surface area (Å²) in [6, 6.07) is 2.63. The first-order chi connectivity index (χ1) is 15.7. The number of aromatic nitrogens is 1. The summed E-state index contributed by atoms with van der Waals surface area (Å²) in [6.07, 6.45) is -4.72. The average molecular weight is 487 g/mol. The molecule has 0 radical (unpaired) electrons. The van der Waals surface area contributed by atoms with Gasteiger partial charge >= 0.3 is 12.1 Å². The normalized spacial score (nSPS) is 14.8. The van der Waals surface area contributed by atoms with Gasteiger partial charge in [-0.2, -0.15) is 13.2 Å². The molecule has 0 unspecified atom stereocenters. The van der Waals surface area contributed by atoms with Crippen LogP contribution in [-0.2, 0) is 22.6 Å². The minimum atomic E-state index is -5.40. The van der Waals surface area contributed by atoms with Gasteiger partial charge < -0.3 is 20.3 Å². The highest BCUT2D eigenvalue weighted by Gasteiger charge is 2.59. The van der Waals surface area contributed by atoms with Gasteiger partial charge in [0.1, 0.15) is 5.69 Å². The van der Waals surface area contributed by atoms with E-state index in [0.29, 0.717) is 6.42 Å². The molecule has 1 aromatic carbocycles. The number of nitrogens with zero attached hydrogens (tertiary/aromatic N) is 1. The van der Waals surface area contributed by atoms with Crippen molar-refractivity contribution >= 4 is 29.3 Å². The van der Waals surface area contributed by atoms with Crippen LogP contribution in [0.1, 0.15) is 45.4 Å². The first kappa shape index (κ1) is 24.9. The van der Waals surface area contributed by atoms with Crippen LogP contribution >= 0.6 is 0 Å². The molecule has 8 nitrogen and oxygen atoms in total. The standard InChI is InChI=1S/C21H18F5N3O5/c1-9-14(16(30)18(32)28-20(2,19(33)34)21(24,25)26)13-4-3-7-29(13)15(9)17(31)27-10-5-6-11(22)12(23)8-10/h5-6,8H,3-4,7H2,1-2H3,(H,27,31)(H,28,32)(H,33,34)/t20-/m1/s1. The van der Waals surface area contributed by atoms with Gasteiger partial charge in [0.05, 0.1) is 5.56 Å². The number of halogens is 5. The number of hydrogen-bond acceptors (Lipinski definition) is 4. The molecular formula is C21H18F5N3O5. The molecule has 3 rings (SSSR count). The molecule has 1 aliphatic heterocycles. The van der Waals surface area contributed by atoms with E-state index in [1.807, 2.05) is 0 Å². The number of Topliss-reactive ketones (excluding diaryl/α,β-unsaturated/α-hetero) is 1. The number of hydrogen-bond donors (Lipinski definition) is 3. The Kier molecular flexibility index (Phi) is 6.24. The summed E-state index contributed by atoms with van der Waals surface area (Å²) in [7, 11) is 0. The lowest BCUT2D eigenvalue weighted by molar-refractivity contribution is -0.206. The molecular weight excluding hydrogens is 469 g/mol. The highest BCUT2D eigenvalue weighted by Crippen LogP contribution is 2.32. The maximum atomic E-state index is 13.5. The van der Waals surface area contributed by atoms with Crippen LogP contribution in [0.2, 0.25) is 0 Å². The summed E-state index contributed by atoms with van der Waals surface area (Å²) < 4.78 is 67.7. The number of carboxylic acids is 1. The van der Waals surface area contributed by atoms with Crippen LogP contribution < -0.4 is 10.6 Å². The Balaban J connectivity index is 1.96. The van der Waals surface area contributed by atoms with Crippen molar-refractivity contribution in [2.75, 3.05) is 5.32 Å². The number of fused-ring (bicyclic) bond motifs is 1. The van der Waals surface area contributed by atoms with Gasteiger partial charge in [-0.1, -0.05) is 0 Å². The second-order valence-corrected chi connectivity index (χ2v) is 7.84. The van der Waals surface area contributed by atoms with Crippen LogP contribution in [0.4, 0.5) is 27.6 Å². The summed E-state index contributed by atoms with van der Waals surface area (Å²) in [5, 5.41) is 12.6. The molecule has 2 heterocycles. The number of amides is 2. The lowest BCUT2D eigenvalue weighted by Gasteiger charge is -2.28. The summed E-state index contributed by atoms with van der Waals surface area (Å²) >= 11 is 0. The summed E-state index contributed by atoms with van der Waals surface area (Å²) in [5.74, 6) is -8.83. The van der Waals surface area contributed by atoms with E-state index in [1.165, 1.54) is 16.8 Å². The summed E-state index contributed by atoms with van der Waals surface area (Å²) in [6.45, 7) is 1.76. The lowest BCUT2D eigenvalue weighted by Crippen LogP contribution is -2.63. The van der Waals surface area contributed by atoms with Crippen LogP contribution in [0.5, 0.6) is 0 Å². The molecule has 1 aromatic heterocycles. The van der Waals surface area contributed by atoms with E-state index in [9.17, 15) is 41.1 Å². The smallest absolute Gasteiger partial charge is 0.422 e. The SMILES string of the molecule is Cc1c(C(=O)C(=O)N[C@](C)(C(=O)O)C(F)(F)F)c2n(c1C(=O)Nc1ccc(F)c(F)c1)CCC2. The quantitative estimate of drug-likeness (QED) is 0.329. The number of rotatable bonds is 6. The number of ketones is 1. The largest absolute Gasteiger partial charge is 0.479 e. The van der Waals surface area contributed by atoms with E-state index in [0.717, 1.165) is 18.2 Å². The fourth-order valence-corrected chi connectivity index (χ4v) is 3.72. The summed E-state index contributed by atoms with van der Waals surface area (Å²) in [4.78, 5) is 49.2. The molecule has 0 saturated heterocycles. The molecule has 182 valence electrons.